The molecule has 0 aliphatic heterocycles. The number of carbonyl (C=O) groups excluding carboxylic acids is 1. The number of carbonyl (C=O) groups is 1. The van der Waals surface area contributed by atoms with Crippen molar-refractivity contribution in [3.05, 3.63) is 28.2 Å². The topological polar surface area (TPSA) is 55.6 Å². The van der Waals surface area contributed by atoms with Gasteiger partial charge in [0.1, 0.15) is 5.75 Å². The molecule has 0 aromatic heterocycles. The van der Waals surface area contributed by atoms with Crippen molar-refractivity contribution < 1.29 is 9.53 Å². The Kier molecular flexibility index (Phi) is 5.44. The van der Waals surface area contributed by atoms with Crippen LogP contribution in [0.2, 0.25) is 0 Å². The second-order valence-corrected chi connectivity index (χ2v) is 4.63. The van der Waals surface area contributed by atoms with E-state index in [1.807, 2.05) is 6.07 Å². The van der Waals surface area contributed by atoms with Crippen LogP contribution in [0.15, 0.2) is 22.7 Å². The maximum Gasteiger partial charge on any atom is 0.257 e. The maximum absolute atomic E-state index is 12.1. The van der Waals surface area contributed by atoms with Crippen LogP contribution in [-0.4, -0.2) is 38.1 Å². The third kappa shape index (κ3) is 3.71. The molecule has 94 valence electrons. The number of hydrogen-bond donors (Lipinski definition) is 1. The first kappa shape index (κ1) is 14.0. The molecule has 1 rings (SSSR count). The Bertz CT molecular complexity index is 396. The zero-order chi connectivity index (χ0) is 12.8. The van der Waals surface area contributed by atoms with Gasteiger partial charge in [-0.15, -0.1) is 0 Å². The molecule has 1 aromatic rings. The van der Waals surface area contributed by atoms with Gasteiger partial charge >= 0.3 is 0 Å². The van der Waals surface area contributed by atoms with Crippen molar-refractivity contribution in [1.29, 1.82) is 0 Å². The SMILES string of the molecule is COc1cc(Br)ccc1C(=O)N(C)CCCN. The van der Waals surface area contributed by atoms with E-state index in [1.165, 1.54) is 0 Å². The fourth-order valence-electron chi connectivity index (χ4n) is 1.48. The average molecular weight is 301 g/mol. The Morgan fingerprint density at radius 3 is 2.82 bits per heavy atom. The molecule has 0 heterocycles. The lowest BCUT2D eigenvalue weighted by molar-refractivity contribution is 0.0791. The molecule has 17 heavy (non-hydrogen) atoms. The van der Waals surface area contributed by atoms with Crippen molar-refractivity contribution in [1.82, 2.24) is 4.90 Å². The van der Waals surface area contributed by atoms with Gasteiger partial charge in [-0.2, -0.15) is 0 Å². The lowest BCUT2D eigenvalue weighted by Gasteiger charge is -2.18. The molecule has 0 aliphatic rings. The number of methoxy groups -OCH3 is 1. The van der Waals surface area contributed by atoms with Crippen LogP contribution < -0.4 is 10.5 Å². The summed E-state index contributed by atoms with van der Waals surface area (Å²) in [7, 11) is 3.32. The summed E-state index contributed by atoms with van der Waals surface area (Å²) >= 11 is 3.34. The zero-order valence-corrected chi connectivity index (χ0v) is 11.7. The maximum atomic E-state index is 12.1. The van der Waals surface area contributed by atoms with E-state index in [-0.39, 0.29) is 5.91 Å². The number of ether oxygens (including phenoxy) is 1. The minimum atomic E-state index is -0.0530. The monoisotopic (exact) mass is 300 g/mol. The number of amides is 1. The summed E-state index contributed by atoms with van der Waals surface area (Å²) in [6.45, 7) is 1.23. The molecular formula is C12H17BrN2O2. The summed E-state index contributed by atoms with van der Waals surface area (Å²) in [4.78, 5) is 13.8. The molecule has 0 radical (unpaired) electrons. The molecule has 0 aliphatic carbocycles. The summed E-state index contributed by atoms with van der Waals surface area (Å²) < 4.78 is 6.08. The fourth-order valence-corrected chi connectivity index (χ4v) is 1.82. The lowest BCUT2D eigenvalue weighted by Crippen LogP contribution is -2.29. The van der Waals surface area contributed by atoms with Crippen LogP contribution in [0, 0.1) is 0 Å². The largest absolute Gasteiger partial charge is 0.496 e. The normalized spacial score (nSPS) is 10.1. The predicted octanol–water partition coefficient (Wildman–Crippen LogP) is 1.88. The Morgan fingerprint density at radius 1 is 1.53 bits per heavy atom. The van der Waals surface area contributed by atoms with E-state index >= 15 is 0 Å². The van der Waals surface area contributed by atoms with Gasteiger partial charge in [-0.05, 0) is 31.2 Å². The van der Waals surface area contributed by atoms with E-state index in [0.717, 1.165) is 10.9 Å². The first-order valence-electron chi connectivity index (χ1n) is 5.39. The molecule has 4 nitrogen and oxygen atoms in total. The van der Waals surface area contributed by atoms with Gasteiger partial charge in [-0.1, -0.05) is 15.9 Å². The number of nitrogens with zero attached hydrogens (tertiary/aromatic N) is 1. The molecule has 0 unspecified atom stereocenters. The fraction of sp³-hybridized carbons (Fsp3) is 0.417. The van der Waals surface area contributed by atoms with Crippen molar-refractivity contribution in [2.24, 2.45) is 5.73 Å². The quantitative estimate of drug-likeness (QED) is 0.903. The third-order valence-electron chi connectivity index (χ3n) is 2.44. The molecular weight excluding hydrogens is 284 g/mol. The molecule has 0 saturated carbocycles. The smallest absolute Gasteiger partial charge is 0.257 e. The summed E-state index contributed by atoms with van der Waals surface area (Å²) in [5.41, 5.74) is 5.99. The van der Waals surface area contributed by atoms with Gasteiger partial charge in [0.15, 0.2) is 0 Å². The van der Waals surface area contributed by atoms with E-state index in [9.17, 15) is 4.79 Å². The van der Waals surface area contributed by atoms with Crippen LogP contribution in [0.3, 0.4) is 0 Å². The Morgan fingerprint density at radius 2 is 2.24 bits per heavy atom. The van der Waals surface area contributed by atoms with E-state index in [0.29, 0.717) is 24.4 Å². The summed E-state index contributed by atoms with van der Waals surface area (Å²) in [5.74, 6) is 0.520. The van der Waals surface area contributed by atoms with Crippen LogP contribution in [0.4, 0.5) is 0 Å². The molecule has 0 spiro atoms. The zero-order valence-electron chi connectivity index (χ0n) is 10.1. The summed E-state index contributed by atoms with van der Waals surface area (Å²) in [6.07, 6.45) is 0.793. The highest BCUT2D eigenvalue weighted by Crippen LogP contribution is 2.24. The Hall–Kier alpha value is -1.07. The van der Waals surface area contributed by atoms with Crippen LogP contribution >= 0.6 is 15.9 Å². The highest BCUT2D eigenvalue weighted by atomic mass is 79.9. The summed E-state index contributed by atoms with van der Waals surface area (Å²) in [5, 5.41) is 0. The van der Waals surface area contributed by atoms with Crippen molar-refractivity contribution in [3.63, 3.8) is 0 Å². The van der Waals surface area contributed by atoms with E-state index in [4.69, 9.17) is 10.5 Å². The minimum Gasteiger partial charge on any atom is -0.496 e. The van der Waals surface area contributed by atoms with E-state index < -0.39 is 0 Å². The second kappa shape index (κ2) is 6.61. The number of nitrogens with two attached hydrogens (primary N) is 1. The summed E-state index contributed by atoms with van der Waals surface area (Å²) in [6, 6.07) is 5.36. The van der Waals surface area contributed by atoms with Gasteiger partial charge in [0.25, 0.3) is 5.91 Å². The first-order valence-corrected chi connectivity index (χ1v) is 6.18. The Labute approximate surface area is 110 Å². The number of hydrogen-bond acceptors (Lipinski definition) is 3. The minimum absolute atomic E-state index is 0.0530. The molecule has 2 N–H and O–H groups in total. The standard InChI is InChI=1S/C12H17BrN2O2/c1-15(7-3-6-14)12(16)10-5-4-9(13)8-11(10)17-2/h4-5,8H,3,6-7,14H2,1-2H3. The second-order valence-electron chi connectivity index (χ2n) is 3.71. The molecule has 1 aromatic carbocycles. The van der Waals surface area contributed by atoms with Crippen molar-refractivity contribution in [2.45, 2.75) is 6.42 Å². The predicted molar refractivity (Wildman–Crippen MR) is 71.3 cm³/mol. The van der Waals surface area contributed by atoms with Crippen molar-refractivity contribution in [2.75, 3.05) is 27.2 Å². The van der Waals surface area contributed by atoms with Gasteiger partial charge < -0.3 is 15.4 Å². The third-order valence-corrected chi connectivity index (χ3v) is 2.93. The molecule has 0 atom stereocenters. The first-order chi connectivity index (χ1) is 8.10. The van der Waals surface area contributed by atoms with Gasteiger partial charge in [-0.25, -0.2) is 0 Å². The highest BCUT2D eigenvalue weighted by Gasteiger charge is 2.16. The molecule has 0 fully saturated rings. The molecule has 0 bridgehead atoms. The van der Waals surface area contributed by atoms with Crippen LogP contribution in [-0.2, 0) is 0 Å². The molecule has 1 amide bonds. The van der Waals surface area contributed by atoms with Crippen molar-refractivity contribution in [3.8, 4) is 5.75 Å². The van der Waals surface area contributed by atoms with Gasteiger partial charge in [0.2, 0.25) is 0 Å². The number of benzene rings is 1. The molecule has 5 heteroatoms. The number of rotatable bonds is 5. The highest BCUT2D eigenvalue weighted by molar-refractivity contribution is 9.10. The van der Waals surface area contributed by atoms with Crippen LogP contribution in [0.1, 0.15) is 16.8 Å². The Balaban J connectivity index is 2.87. The van der Waals surface area contributed by atoms with Gasteiger partial charge in [-0.3, -0.25) is 4.79 Å². The van der Waals surface area contributed by atoms with E-state index in [2.05, 4.69) is 15.9 Å². The lowest BCUT2D eigenvalue weighted by atomic mass is 10.1. The van der Waals surface area contributed by atoms with Crippen LogP contribution in [0.25, 0.3) is 0 Å². The van der Waals surface area contributed by atoms with Crippen molar-refractivity contribution >= 4 is 21.8 Å². The van der Waals surface area contributed by atoms with E-state index in [1.54, 1.807) is 31.2 Å². The van der Waals surface area contributed by atoms with Gasteiger partial charge in [0, 0.05) is 18.1 Å². The average Bonchev–Trinajstić information content (AvgIpc) is 2.34. The molecule has 0 saturated heterocycles. The van der Waals surface area contributed by atoms with Gasteiger partial charge in [0.05, 0.1) is 12.7 Å². The van der Waals surface area contributed by atoms with Crippen LogP contribution in [0.5, 0.6) is 5.75 Å². The number of halogens is 1.